The van der Waals surface area contributed by atoms with Gasteiger partial charge in [-0.2, -0.15) is 0 Å². The Kier molecular flexibility index (Phi) is 5.77. The molecule has 7 nitrogen and oxygen atoms in total. The predicted octanol–water partition coefficient (Wildman–Crippen LogP) is 2.80. The first-order valence-electron chi connectivity index (χ1n) is 9.40. The summed E-state index contributed by atoms with van der Waals surface area (Å²) in [5, 5.41) is 2.67. The van der Waals surface area contributed by atoms with Crippen molar-refractivity contribution in [3.63, 3.8) is 0 Å². The van der Waals surface area contributed by atoms with Crippen molar-refractivity contribution in [1.82, 2.24) is 4.90 Å². The second-order valence-corrected chi connectivity index (χ2v) is 6.82. The van der Waals surface area contributed by atoms with Crippen molar-refractivity contribution in [3.05, 3.63) is 65.2 Å². The molecule has 0 fully saturated rings. The van der Waals surface area contributed by atoms with Crippen LogP contribution in [0.1, 0.15) is 47.1 Å². The van der Waals surface area contributed by atoms with Crippen LogP contribution in [0.4, 0.5) is 5.69 Å². The summed E-state index contributed by atoms with van der Waals surface area (Å²) >= 11 is 0. The number of fused-ring (bicyclic) bond motifs is 1. The zero-order chi connectivity index (χ0) is 21.1. The van der Waals surface area contributed by atoms with Crippen LogP contribution in [0.3, 0.4) is 0 Å². The van der Waals surface area contributed by atoms with Gasteiger partial charge in [-0.3, -0.25) is 19.3 Å². The molecule has 0 bridgehead atoms. The van der Waals surface area contributed by atoms with E-state index >= 15 is 0 Å². The third kappa shape index (κ3) is 4.03. The lowest BCUT2D eigenvalue weighted by molar-refractivity contribution is -0.156. The molecule has 2 aromatic rings. The first kappa shape index (κ1) is 20.3. The molecule has 1 heterocycles. The minimum Gasteiger partial charge on any atom is -0.451 e. The molecule has 0 aromatic heterocycles. The molecule has 3 rings (SSSR count). The number of ether oxygens (including phenoxy) is 1. The Morgan fingerprint density at radius 3 is 2.03 bits per heavy atom. The minimum atomic E-state index is -1.15. The van der Waals surface area contributed by atoms with Gasteiger partial charge < -0.3 is 10.1 Å². The number of anilines is 1. The number of rotatable bonds is 6. The van der Waals surface area contributed by atoms with Crippen LogP contribution in [0.25, 0.3) is 0 Å². The fourth-order valence-electron chi connectivity index (χ4n) is 3.06. The van der Waals surface area contributed by atoms with Crippen molar-refractivity contribution in [1.29, 1.82) is 0 Å². The van der Waals surface area contributed by atoms with E-state index in [2.05, 4.69) is 5.32 Å². The molecular weight excluding hydrogens is 372 g/mol. The zero-order valence-electron chi connectivity index (χ0n) is 16.5. The number of nitrogens with one attached hydrogen (secondary N) is 1. The minimum absolute atomic E-state index is 0.249. The summed E-state index contributed by atoms with van der Waals surface area (Å²) in [6, 6.07) is 12.6. The largest absolute Gasteiger partial charge is 0.451 e. The van der Waals surface area contributed by atoms with E-state index in [4.69, 9.17) is 4.74 Å². The van der Waals surface area contributed by atoms with Gasteiger partial charge in [0.25, 0.3) is 17.7 Å². The van der Waals surface area contributed by atoms with E-state index in [0.29, 0.717) is 5.69 Å². The Morgan fingerprint density at radius 2 is 1.52 bits per heavy atom. The van der Waals surface area contributed by atoms with Crippen LogP contribution in [-0.2, 0) is 20.7 Å². The van der Waals surface area contributed by atoms with Gasteiger partial charge in [0.15, 0.2) is 6.10 Å². The molecule has 1 aliphatic rings. The fourth-order valence-corrected chi connectivity index (χ4v) is 3.06. The molecule has 0 spiro atoms. The topological polar surface area (TPSA) is 92.8 Å². The molecule has 0 saturated carbocycles. The number of nitrogens with zero attached hydrogens (tertiary/aromatic N) is 1. The Hall–Kier alpha value is -3.48. The average molecular weight is 394 g/mol. The van der Waals surface area contributed by atoms with Crippen LogP contribution in [0.5, 0.6) is 0 Å². The van der Waals surface area contributed by atoms with Gasteiger partial charge in [0.2, 0.25) is 0 Å². The van der Waals surface area contributed by atoms with Gasteiger partial charge in [-0.15, -0.1) is 0 Å². The normalized spacial score (nSPS) is 14.9. The molecule has 3 amide bonds. The molecule has 150 valence electrons. The summed E-state index contributed by atoms with van der Waals surface area (Å²) in [4.78, 5) is 50.6. The SMILES string of the molecule is CCc1ccc(NC(=O)[C@H](C)OC(=O)[C@H](C)N2C(=O)c3ccccc3C2=O)cc1. The molecule has 29 heavy (non-hydrogen) atoms. The molecule has 0 unspecified atom stereocenters. The number of carbonyl (C=O) groups excluding carboxylic acids is 4. The smallest absolute Gasteiger partial charge is 0.329 e. The molecule has 2 aromatic carbocycles. The van der Waals surface area contributed by atoms with Crippen LogP contribution in [0.2, 0.25) is 0 Å². The highest BCUT2D eigenvalue weighted by Gasteiger charge is 2.41. The summed E-state index contributed by atoms with van der Waals surface area (Å²) in [5.74, 6) is -2.44. The van der Waals surface area contributed by atoms with Gasteiger partial charge in [0.1, 0.15) is 6.04 Å². The second kappa shape index (κ2) is 8.26. The molecule has 0 aliphatic carbocycles. The number of amides is 3. The lowest BCUT2D eigenvalue weighted by Crippen LogP contribution is -2.45. The van der Waals surface area contributed by atoms with Crippen molar-refractivity contribution in [2.45, 2.75) is 39.3 Å². The van der Waals surface area contributed by atoms with Gasteiger partial charge in [-0.1, -0.05) is 31.2 Å². The van der Waals surface area contributed by atoms with E-state index < -0.39 is 35.8 Å². The van der Waals surface area contributed by atoms with Gasteiger partial charge in [-0.25, -0.2) is 4.79 Å². The Bertz CT molecular complexity index is 932. The van der Waals surface area contributed by atoms with Gasteiger partial charge in [0.05, 0.1) is 11.1 Å². The van der Waals surface area contributed by atoms with Crippen LogP contribution in [0, 0.1) is 0 Å². The van der Waals surface area contributed by atoms with Gasteiger partial charge >= 0.3 is 5.97 Å². The lowest BCUT2D eigenvalue weighted by Gasteiger charge is -2.22. The quantitative estimate of drug-likeness (QED) is 0.601. The van der Waals surface area contributed by atoms with Gasteiger partial charge in [-0.05, 0) is 50.1 Å². The lowest BCUT2D eigenvalue weighted by atomic mass is 10.1. The highest BCUT2D eigenvalue weighted by atomic mass is 16.5. The van der Waals surface area contributed by atoms with Crippen LogP contribution in [-0.4, -0.2) is 40.7 Å². The first-order chi connectivity index (χ1) is 13.8. The highest BCUT2D eigenvalue weighted by molar-refractivity contribution is 6.22. The van der Waals surface area contributed by atoms with E-state index in [-0.39, 0.29) is 11.1 Å². The Labute approximate surface area is 168 Å². The summed E-state index contributed by atoms with van der Waals surface area (Å²) in [7, 11) is 0. The first-order valence-corrected chi connectivity index (χ1v) is 9.40. The third-order valence-electron chi connectivity index (χ3n) is 4.85. The molecule has 2 atom stereocenters. The molecular formula is C22H22N2O5. The summed E-state index contributed by atoms with van der Waals surface area (Å²) < 4.78 is 5.20. The van der Waals surface area contributed by atoms with E-state index in [1.165, 1.54) is 26.0 Å². The number of imide groups is 1. The van der Waals surface area contributed by atoms with Crippen LogP contribution >= 0.6 is 0 Å². The van der Waals surface area contributed by atoms with Crippen molar-refractivity contribution >= 4 is 29.4 Å². The predicted molar refractivity (Wildman–Crippen MR) is 106 cm³/mol. The zero-order valence-corrected chi connectivity index (χ0v) is 16.5. The molecule has 0 saturated heterocycles. The fraction of sp³-hybridized carbons (Fsp3) is 0.273. The van der Waals surface area contributed by atoms with Crippen molar-refractivity contribution < 1.29 is 23.9 Å². The van der Waals surface area contributed by atoms with E-state index in [9.17, 15) is 19.2 Å². The maximum Gasteiger partial charge on any atom is 0.329 e. The number of esters is 1. The van der Waals surface area contributed by atoms with Gasteiger partial charge in [0, 0.05) is 5.69 Å². The number of hydrogen-bond donors (Lipinski definition) is 1. The van der Waals surface area contributed by atoms with E-state index in [1.807, 2.05) is 19.1 Å². The van der Waals surface area contributed by atoms with E-state index in [0.717, 1.165) is 16.9 Å². The number of hydrogen-bond acceptors (Lipinski definition) is 5. The van der Waals surface area contributed by atoms with E-state index in [1.54, 1.807) is 24.3 Å². The molecule has 1 aliphatic heterocycles. The van der Waals surface area contributed by atoms with Crippen LogP contribution < -0.4 is 5.32 Å². The van der Waals surface area contributed by atoms with Crippen molar-refractivity contribution in [3.8, 4) is 0 Å². The Morgan fingerprint density at radius 1 is 0.966 bits per heavy atom. The number of benzene rings is 2. The van der Waals surface area contributed by atoms with Crippen molar-refractivity contribution in [2.24, 2.45) is 0 Å². The number of carbonyl (C=O) groups is 4. The summed E-state index contributed by atoms with van der Waals surface area (Å²) in [6.45, 7) is 4.87. The summed E-state index contributed by atoms with van der Waals surface area (Å²) in [5.41, 5.74) is 2.22. The highest BCUT2D eigenvalue weighted by Crippen LogP contribution is 2.25. The maximum absolute atomic E-state index is 12.5. The Balaban J connectivity index is 1.62. The monoisotopic (exact) mass is 394 g/mol. The third-order valence-corrected chi connectivity index (χ3v) is 4.85. The van der Waals surface area contributed by atoms with Crippen LogP contribution in [0.15, 0.2) is 48.5 Å². The maximum atomic E-state index is 12.5. The van der Waals surface area contributed by atoms with Crippen molar-refractivity contribution in [2.75, 3.05) is 5.32 Å². The molecule has 1 N–H and O–H groups in total. The molecule has 7 heteroatoms. The number of aryl methyl sites for hydroxylation is 1. The summed E-state index contributed by atoms with van der Waals surface area (Å²) in [6.07, 6.45) is -0.205. The molecule has 0 radical (unpaired) electrons. The standard InChI is InChI=1S/C22H22N2O5/c1-4-15-9-11-16(12-10-15)23-19(25)14(3)29-22(28)13(2)24-20(26)17-7-5-6-8-18(17)21(24)27/h5-14H,4H2,1-3H3,(H,23,25)/t13-,14-/m0/s1. The average Bonchev–Trinajstić information content (AvgIpc) is 2.98. The second-order valence-electron chi connectivity index (χ2n) is 6.82.